The van der Waals surface area contributed by atoms with Crippen LogP contribution >= 0.6 is 0 Å². The first-order valence-corrected chi connectivity index (χ1v) is 7.23. The van der Waals surface area contributed by atoms with E-state index in [1.807, 2.05) is 31.2 Å². The van der Waals surface area contributed by atoms with Gasteiger partial charge in [-0.1, -0.05) is 43.7 Å². The van der Waals surface area contributed by atoms with Crippen molar-refractivity contribution in [3.8, 4) is 0 Å². The highest BCUT2D eigenvalue weighted by Gasteiger charge is 2.17. The van der Waals surface area contributed by atoms with E-state index in [1.54, 1.807) is 17.2 Å². The van der Waals surface area contributed by atoms with Crippen molar-refractivity contribution in [3.63, 3.8) is 0 Å². The molecule has 0 saturated carbocycles. The van der Waals surface area contributed by atoms with Gasteiger partial charge in [0.05, 0.1) is 31.4 Å². The molecule has 0 saturated heterocycles. The van der Waals surface area contributed by atoms with Gasteiger partial charge < -0.3 is 5.32 Å². The second-order valence-electron chi connectivity index (χ2n) is 5.67. The minimum atomic E-state index is 0.0229. The number of aryl methyl sites for hydroxylation is 1. The topological polar surface area (TPSA) is 59.8 Å². The van der Waals surface area contributed by atoms with Crippen molar-refractivity contribution < 1.29 is 4.79 Å². The van der Waals surface area contributed by atoms with Crippen molar-refractivity contribution >= 4 is 5.91 Å². The predicted octanol–water partition coefficient (Wildman–Crippen LogP) is 1.97. The first-order chi connectivity index (χ1) is 10.0. The molecule has 1 N–H and O–H groups in total. The molecule has 5 nitrogen and oxygen atoms in total. The first kappa shape index (κ1) is 15.2. The van der Waals surface area contributed by atoms with E-state index in [0.717, 1.165) is 5.56 Å². The largest absolute Gasteiger partial charge is 0.351 e. The number of carbonyl (C=O) groups is 1. The molecular formula is C16H22N4O. The lowest BCUT2D eigenvalue weighted by atomic mass is 10.0. The third kappa shape index (κ3) is 4.70. The molecule has 0 aliphatic rings. The van der Waals surface area contributed by atoms with E-state index in [0.29, 0.717) is 18.9 Å². The van der Waals surface area contributed by atoms with Gasteiger partial charge in [0, 0.05) is 0 Å². The standard InChI is InChI=1S/C16H22N4O/c1-12(2)15(11-20-17-7-8-18-20)19-16(21)10-14-6-4-5-13(3)9-14/h4-9,12,15H,10-11H2,1-3H3,(H,19,21)/t15-/m1/s1. The third-order valence-electron chi connectivity index (χ3n) is 3.42. The fraction of sp³-hybridized carbons (Fsp3) is 0.438. The fourth-order valence-electron chi connectivity index (χ4n) is 2.20. The van der Waals surface area contributed by atoms with Crippen LogP contribution in [0.4, 0.5) is 0 Å². The molecule has 2 aromatic rings. The molecule has 1 heterocycles. The van der Waals surface area contributed by atoms with Crippen molar-refractivity contribution in [2.75, 3.05) is 0 Å². The summed E-state index contributed by atoms with van der Waals surface area (Å²) in [6, 6.07) is 8.05. The maximum Gasteiger partial charge on any atom is 0.224 e. The van der Waals surface area contributed by atoms with E-state index in [9.17, 15) is 4.79 Å². The van der Waals surface area contributed by atoms with Crippen LogP contribution in [0.2, 0.25) is 0 Å². The Bertz CT molecular complexity index is 578. The molecule has 0 fully saturated rings. The van der Waals surface area contributed by atoms with Gasteiger partial charge in [-0.15, -0.1) is 0 Å². The fourth-order valence-corrected chi connectivity index (χ4v) is 2.20. The minimum Gasteiger partial charge on any atom is -0.351 e. The van der Waals surface area contributed by atoms with E-state index in [1.165, 1.54) is 5.56 Å². The highest BCUT2D eigenvalue weighted by Crippen LogP contribution is 2.07. The SMILES string of the molecule is Cc1cccc(CC(=O)N[C@H](Cn2nccn2)C(C)C)c1. The molecule has 0 bridgehead atoms. The Hall–Kier alpha value is -2.17. The number of hydrogen-bond acceptors (Lipinski definition) is 3. The van der Waals surface area contributed by atoms with Crippen LogP contribution in [0.15, 0.2) is 36.7 Å². The van der Waals surface area contributed by atoms with Crippen LogP contribution in [-0.4, -0.2) is 26.9 Å². The van der Waals surface area contributed by atoms with Crippen molar-refractivity contribution in [3.05, 3.63) is 47.8 Å². The minimum absolute atomic E-state index is 0.0229. The maximum absolute atomic E-state index is 12.2. The number of carbonyl (C=O) groups excluding carboxylic acids is 1. The van der Waals surface area contributed by atoms with E-state index in [-0.39, 0.29) is 11.9 Å². The summed E-state index contributed by atoms with van der Waals surface area (Å²) in [5.41, 5.74) is 2.20. The van der Waals surface area contributed by atoms with Gasteiger partial charge in [0.25, 0.3) is 0 Å². The summed E-state index contributed by atoms with van der Waals surface area (Å²) in [6.45, 7) is 6.79. The van der Waals surface area contributed by atoms with Crippen LogP contribution in [-0.2, 0) is 17.8 Å². The summed E-state index contributed by atoms with van der Waals surface area (Å²) in [5, 5.41) is 11.3. The molecule has 0 radical (unpaired) electrons. The first-order valence-electron chi connectivity index (χ1n) is 7.23. The summed E-state index contributed by atoms with van der Waals surface area (Å²) in [5.74, 6) is 0.351. The molecule has 112 valence electrons. The monoisotopic (exact) mass is 286 g/mol. The van der Waals surface area contributed by atoms with E-state index >= 15 is 0 Å². The van der Waals surface area contributed by atoms with Crippen molar-refractivity contribution in [1.82, 2.24) is 20.3 Å². The molecule has 21 heavy (non-hydrogen) atoms. The molecule has 1 amide bonds. The lowest BCUT2D eigenvalue weighted by Crippen LogP contribution is -2.42. The van der Waals surface area contributed by atoms with Gasteiger partial charge in [-0.05, 0) is 18.4 Å². The quantitative estimate of drug-likeness (QED) is 0.883. The van der Waals surface area contributed by atoms with Crippen LogP contribution in [0.5, 0.6) is 0 Å². The summed E-state index contributed by atoms with van der Waals surface area (Å²) < 4.78 is 0. The molecular weight excluding hydrogens is 264 g/mol. The normalized spacial score (nSPS) is 12.4. The second-order valence-corrected chi connectivity index (χ2v) is 5.67. The molecule has 0 spiro atoms. The molecule has 1 aromatic heterocycles. The van der Waals surface area contributed by atoms with E-state index in [4.69, 9.17) is 0 Å². The van der Waals surface area contributed by atoms with Gasteiger partial charge >= 0.3 is 0 Å². The number of hydrogen-bond donors (Lipinski definition) is 1. The zero-order valence-corrected chi connectivity index (χ0v) is 12.8. The van der Waals surface area contributed by atoms with Crippen LogP contribution in [0.25, 0.3) is 0 Å². The Balaban J connectivity index is 1.95. The predicted molar refractivity (Wildman–Crippen MR) is 81.7 cm³/mol. The number of rotatable bonds is 6. The van der Waals surface area contributed by atoms with Crippen LogP contribution in [0, 0.1) is 12.8 Å². The second kappa shape index (κ2) is 7.02. The highest BCUT2D eigenvalue weighted by atomic mass is 16.1. The van der Waals surface area contributed by atoms with Gasteiger partial charge in [-0.25, -0.2) is 0 Å². The lowest BCUT2D eigenvalue weighted by Gasteiger charge is -2.21. The van der Waals surface area contributed by atoms with Crippen LogP contribution in [0.3, 0.4) is 0 Å². The molecule has 0 aliphatic carbocycles. The lowest BCUT2D eigenvalue weighted by molar-refractivity contribution is -0.121. The van der Waals surface area contributed by atoms with Gasteiger partial charge in [0.15, 0.2) is 0 Å². The van der Waals surface area contributed by atoms with Gasteiger partial charge in [0.2, 0.25) is 5.91 Å². The van der Waals surface area contributed by atoms with Crippen molar-refractivity contribution in [2.45, 2.75) is 39.8 Å². The average molecular weight is 286 g/mol. The van der Waals surface area contributed by atoms with Crippen LogP contribution < -0.4 is 5.32 Å². The summed E-state index contributed by atoms with van der Waals surface area (Å²) >= 11 is 0. The summed E-state index contributed by atoms with van der Waals surface area (Å²) in [6.07, 6.45) is 3.69. The molecule has 0 aliphatic heterocycles. The Morgan fingerprint density at radius 3 is 2.62 bits per heavy atom. The highest BCUT2D eigenvalue weighted by molar-refractivity contribution is 5.78. The Morgan fingerprint density at radius 2 is 2.00 bits per heavy atom. The number of nitrogens with zero attached hydrogens (tertiary/aromatic N) is 3. The zero-order chi connectivity index (χ0) is 15.2. The van der Waals surface area contributed by atoms with Gasteiger partial charge in [-0.2, -0.15) is 15.0 Å². The number of benzene rings is 1. The Morgan fingerprint density at radius 1 is 1.29 bits per heavy atom. The zero-order valence-electron chi connectivity index (χ0n) is 12.8. The maximum atomic E-state index is 12.2. The smallest absolute Gasteiger partial charge is 0.224 e. The summed E-state index contributed by atoms with van der Waals surface area (Å²) in [7, 11) is 0. The van der Waals surface area contributed by atoms with E-state index < -0.39 is 0 Å². The third-order valence-corrected chi connectivity index (χ3v) is 3.42. The van der Waals surface area contributed by atoms with Gasteiger partial charge in [-0.3, -0.25) is 4.79 Å². The molecule has 1 aromatic carbocycles. The molecule has 0 unspecified atom stereocenters. The van der Waals surface area contributed by atoms with Crippen molar-refractivity contribution in [1.29, 1.82) is 0 Å². The van der Waals surface area contributed by atoms with Crippen LogP contribution in [0.1, 0.15) is 25.0 Å². The molecule has 1 atom stereocenters. The molecule has 2 rings (SSSR count). The van der Waals surface area contributed by atoms with Gasteiger partial charge in [0.1, 0.15) is 0 Å². The number of aromatic nitrogens is 3. The number of amides is 1. The summed E-state index contributed by atoms with van der Waals surface area (Å²) in [4.78, 5) is 13.8. The van der Waals surface area contributed by atoms with Crippen molar-refractivity contribution in [2.24, 2.45) is 5.92 Å². The Labute approximate surface area is 125 Å². The number of nitrogens with one attached hydrogen (secondary N) is 1. The molecule has 5 heteroatoms. The Kier molecular flexibility index (Phi) is 5.09. The van der Waals surface area contributed by atoms with E-state index in [2.05, 4.69) is 29.4 Å². The average Bonchev–Trinajstić information content (AvgIpc) is 2.90.